The number of hydrogen-bond donors (Lipinski definition) is 1. The monoisotopic (exact) mass is 191 g/mol. The second-order valence-corrected chi connectivity index (χ2v) is 4.22. The molecule has 1 rings (SSSR count). The lowest BCUT2D eigenvalue weighted by Gasteiger charge is -2.17. The minimum Gasteiger partial charge on any atom is -0.314 e. The molecular weight excluding hydrogens is 170 g/mol. The highest BCUT2D eigenvalue weighted by atomic mass is 14.9. The number of hydrogen-bond acceptors (Lipinski definition) is 1. The van der Waals surface area contributed by atoms with Crippen LogP contribution in [-0.2, 0) is 6.42 Å². The van der Waals surface area contributed by atoms with Gasteiger partial charge in [-0.1, -0.05) is 44.2 Å². The van der Waals surface area contributed by atoms with Crippen molar-refractivity contribution in [3.8, 4) is 0 Å². The maximum absolute atomic E-state index is 3.53. The van der Waals surface area contributed by atoms with Crippen LogP contribution in [0.4, 0.5) is 0 Å². The third-order valence-electron chi connectivity index (χ3n) is 2.72. The summed E-state index contributed by atoms with van der Waals surface area (Å²) in [5.41, 5.74) is 1.41. The van der Waals surface area contributed by atoms with E-state index in [1.54, 1.807) is 0 Å². The molecule has 0 amide bonds. The van der Waals surface area contributed by atoms with Gasteiger partial charge in [0.2, 0.25) is 0 Å². The molecule has 0 saturated carbocycles. The quantitative estimate of drug-likeness (QED) is 0.754. The van der Waals surface area contributed by atoms with Crippen LogP contribution in [0.25, 0.3) is 0 Å². The van der Waals surface area contributed by atoms with E-state index in [0.29, 0.717) is 12.0 Å². The molecule has 0 spiro atoms. The first-order valence-electron chi connectivity index (χ1n) is 5.47. The summed E-state index contributed by atoms with van der Waals surface area (Å²) < 4.78 is 0. The van der Waals surface area contributed by atoms with Gasteiger partial charge in [0.25, 0.3) is 0 Å². The van der Waals surface area contributed by atoms with Crippen molar-refractivity contribution >= 4 is 0 Å². The highest BCUT2D eigenvalue weighted by molar-refractivity contribution is 5.14. The molecule has 0 fully saturated rings. The van der Waals surface area contributed by atoms with Crippen LogP contribution < -0.4 is 5.32 Å². The molecule has 0 radical (unpaired) electrons. The fourth-order valence-electron chi connectivity index (χ4n) is 1.32. The van der Waals surface area contributed by atoms with Crippen molar-refractivity contribution in [2.45, 2.75) is 33.2 Å². The van der Waals surface area contributed by atoms with Crippen LogP contribution in [0.15, 0.2) is 30.3 Å². The lowest BCUT2D eigenvalue weighted by molar-refractivity contribution is 0.430. The van der Waals surface area contributed by atoms with E-state index < -0.39 is 0 Å². The summed E-state index contributed by atoms with van der Waals surface area (Å²) in [5.74, 6) is 0.714. The lowest BCUT2D eigenvalue weighted by atomic mass is 10.1. The van der Waals surface area contributed by atoms with Crippen LogP contribution >= 0.6 is 0 Å². The van der Waals surface area contributed by atoms with Gasteiger partial charge in [0.05, 0.1) is 0 Å². The first-order valence-corrected chi connectivity index (χ1v) is 5.47. The van der Waals surface area contributed by atoms with Crippen molar-refractivity contribution < 1.29 is 0 Å². The second-order valence-electron chi connectivity index (χ2n) is 4.22. The molecule has 1 aromatic carbocycles. The van der Waals surface area contributed by atoms with Crippen LogP contribution in [0.1, 0.15) is 26.3 Å². The van der Waals surface area contributed by atoms with Gasteiger partial charge in [-0.3, -0.25) is 0 Å². The van der Waals surface area contributed by atoms with Crippen LogP contribution in [-0.4, -0.2) is 12.6 Å². The number of nitrogens with one attached hydrogen (secondary N) is 1. The Labute approximate surface area is 87.5 Å². The van der Waals surface area contributed by atoms with E-state index in [2.05, 4.69) is 56.4 Å². The molecule has 1 nitrogen and oxygen atoms in total. The largest absolute Gasteiger partial charge is 0.314 e. The third kappa shape index (κ3) is 3.93. The highest BCUT2D eigenvalue weighted by Gasteiger charge is 2.04. The van der Waals surface area contributed by atoms with E-state index in [1.807, 2.05) is 0 Å². The Morgan fingerprint density at radius 1 is 1.07 bits per heavy atom. The molecule has 78 valence electrons. The molecule has 0 saturated heterocycles. The van der Waals surface area contributed by atoms with Crippen molar-refractivity contribution in [2.24, 2.45) is 5.92 Å². The molecule has 0 aliphatic heterocycles. The average molecular weight is 191 g/mol. The summed E-state index contributed by atoms with van der Waals surface area (Å²) in [6.07, 6.45) is 1.12. The Morgan fingerprint density at radius 2 is 1.71 bits per heavy atom. The maximum atomic E-state index is 3.53. The molecule has 14 heavy (non-hydrogen) atoms. The van der Waals surface area contributed by atoms with Crippen LogP contribution in [0.5, 0.6) is 0 Å². The van der Waals surface area contributed by atoms with Crippen LogP contribution in [0.2, 0.25) is 0 Å². The molecule has 1 heteroatoms. The van der Waals surface area contributed by atoms with Crippen molar-refractivity contribution in [1.82, 2.24) is 5.32 Å². The van der Waals surface area contributed by atoms with Gasteiger partial charge in [-0.15, -0.1) is 0 Å². The first kappa shape index (κ1) is 11.3. The molecule has 1 aromatic rings. The zero-order valence-corrected chi connectivity index (χ0v) is 9.46. The molecule has 0 aliphatic rings. The molecule has 0 aliphatic carbocycles. The highest BCUT2D eigenvalue weighted by Crippen LogP contribution is 2.01. The molecular formula is C13H21N. The Balaban J connectivity index is 2.22. The molecule has 1 atom stereocenters. The summed E-state index contributed by atoms with van der Waals surface area (Å²) in [5, 5.41) is 3.53. The Kier molecular flexibility index (Phi) is 4.68. The van der Waals surface area contributed by atoms with Gasteiger partial charge in [-0.25, -0.2) is 0 Å². The smallest absolute Gasteiger partial charge is 0.00618 e. The van der Waals surface area contributed by atoms with Gasteiger partial charge >= 0.3 is 0 Å². The predicted molar refractivity (Wildman–Crippen MR) is 62.4 cm³/mol. The van der Waals surface area contributed by atoms with Gasteiger partial charge in [0.15, 0.2) is 0 Å². The van der Waals surface area contributed by atoms with E-state index in [-0.39, 0.29) is 0 Å². The van der Waals surface area contributed by atoms with Crippen molar-refractivity contribution in [3.63, 3.8) is 0 Å². The van der Waals surface area contributed by atoms with Gasteiger partial charge < -0.3 is 5.32 Å². The summed E-state index contributed by atoms with van der Waals surface area (Å²) >= 11 is 0. The Hall–Kier alpha value is -0.820. The van der Waals surface area contributed by atoms with E-state index in [1.165, 1.54) is 5.56 Å². The van der Waals surface area contributed by atoms with Crippen molar-refractivity contribution in [2.75, 3.05) is 6.54 Å². The lowest BCUT2D eigenvalue weighted by Crippen LogP contribution is -2.32. The van der Waals surface area contributed by atoms with Gasteiger partial charge in [0, 0.05) is 6.04 Å². The summed E-state index contributed by atoms with van der Waals surface area (Å²) in [6.45, 7) is 7.82. The fourth-order valence-corrected chi connectivity index (χ4v) is 1.32. The number of rotatable bonds is 5. The first-order chi connectivity index (χ1) is 6.70. The van der Waals surface area contributed by atoms with E-state index in [9.17, 15) is 0 Å². The predicted octanol–water partition coefficient (Wildman–Crippen LogP) is 2.86. The summed E-state index contributed by atoms with van der Waals surface area (Å²) in [4.78, 5) is 0. The summed E-state index contributed by atoms with van der Waals surface area (Å²) in [6, 6.07) is 11.2. The molecule has 0 heterocycles. The molecule has 1 N–H and O–H groups in total. The average Bonchev–Trinajstić information content (AvgIpc) is 2.19. The van der Waals surface area contributed by atoms with E-state index in [0.717, 1.165) is 13.0 Å². The Bertz CT molecular complexity index is 241. The molecule has 0 unspecified atom stereocenters. The summed E-state index contributed by atoms with van der Waals surface area (Å²) in [7, 11) is 0. The number of benzene rings is 1. The van der Waals surface area contributed by atoms with Crippen molar-refractivity contribution in [3.05, 3.63) is 35.9 Å². The molecule has 0 bridgehead atoms. The van der Waals surface area contributed by atoms with Crippen LogP contribution in [0.3, 0.4) is 0 Å². The van der Waals surface area contributed by atoms with E-state index in [4.69, 9.17) is 0 Å². The van der Waals surface area contributed by atoms with Gasteiger partial charge in [-0.2, -0.15) is 0 Å². The van der Waals surface area contributed by atoms with Crippen LogP contribution in [0, 0.1) is 5.92 Å². The topological polar surface area (TPSA) is 12.0 Å². The minimum atomic E-state index is 0.610. The molecule has 0 aromatic heterocycles. The SMILES string of the molecule is CC(C)[C@H](C)NCCc1ccccc1. The second kappa shape index (κ2) is 5.82. The normalized spacial score (nSPS) is 13.1. The third-order valence-corrected chi connectivity index (χ3v) is 2.72. The van der Waals surface area contributed by atoms with Gasteiger partial charge in [0.1, 0.15) is 0 Å². The fraction of sp³-hybridized carbons (Fsp3) is 0.538. The van der Waals surface area contributed by atoms with Crippen molar-refractivity contribution in [1.29, 1.82) is 0 Å². The zero-order valence-electron chi connectivity index (χ0n) is 9.46. The Morgan fingerprint density at radius 3 is 2.29 bits per heavy atom. The standard InChI is InChI=1S/C13H21N/c1-11(2)12(3)14-10-9-13-7-5-4-6-8-13/h4-8,11-12,14H,9-10H2,1-3H3/t12-/m0/s1. The van der Waals surface area contributed by atoms with E-state index >= 15 is 0 Å². The minimum absolute atomic E-state index is 0.610. The zero-order chi connectivity index (χ0) is 10.4. The maximum Gasteiger partial charge on any atom is 0.00618 e. The van der Waals surface area contributed by atoms with Gasteiger partial charge in [-0.05, 0) is 31.4 Å².